The van der Waals surface area contributed by atoms with Crippen molar-refractivity contribution in [3.63, 3.8) is 0 Å². The summed E-state index contributed by atoms with van der Waals surface area (Å²) in [5.41, 5.74) is 3.82. The summed E-state index contributed by atoms with van der Waals surface area (Å²) in [5, 5.41) is 17.5. The average Bonchev–Trinajstić information content (AvgIpc) is 3.46. The summed E-state index contributed by atoms with van der Waals surface area (Å²) < 4.78 is 1.71. The van der Waals surface area contributed by atoms with Crippen LogP contribution in [-0.2, 0) is 23.1 Å². The highest BCUT2D eigenvalue weighted by molar-refractivity contribution is 6.38. The Balaban J connectivity index is 1.33. The number of amidine groups is 1. The Morgan fingerprint density at radius 1 is 1.22 bits per heavy atom. The van der Waals surface area contributed by atoms with Crippen molar-refractivity contribution >= 4 is 23.4 Å². The summed E-state index contributed by atoms with van der Waals surface area (Å²) in [6.07, 6.45) is 8.57. The number of carbonyl (C=O) groups is 1. The third-order valence-corrected chi connectivity index (χ3v) is 6.32. The molecule has 2 aromatic heterocycles. The minimum absolute atomic E-state index is 0.108. The highest BCUT2D eigenvalue weighted by Gasteiger charge is 2.35. The van der Waals surface area contributed by atoms with Crippen LogP contribution in [0.5, 0.6) is 0 Å². The van der Waals surface area contributed by atoms with E-state index < -0.39 is 0 Å². The lowest BCUT2D eigenvalue weighted by molar-refractivity contribution is -0.115. The highest BCUT2D eigenvalue weighted by Crippen LogP contribution is 2.32. The molecular formula is C25H31N9O2. The largest absolute Gasteiger partial charge is 0.368 e. The zero-order valence-electron chi connectivity index (χ0n) is 20.9. The van der Waals surface area contributed by atoms with E-state index in [0.717, 1.165) is 42.5 Å². The maximum atomic E-state index is 13.0. The van der Waals surface area contributed by atoms with Gasteiger partial charge in [-0.25, -0.2) is 9.97 Å². The van der Waals surface area contributed by atoms with Gasteiger partial charge in [-0.3, -0.25) is 9.48 Å². The fourth-order valence-electron chi connectivity index (χ4n) is 4.37. The van der Waals surface area contributed by atoms with Crippen molar-refractivity contribution in [3.05, 3.63) is 48.0 Å². The van der Waals surface area contributed by atoms with Crippen molar-refractivity contribution in [2.24, 2.45) is 17.6 Å². The number of hydrogen-bond donors (Lipinski definition) is 3. The zero-order chi connectivity index (χ0) is 25.3. The van der Waals surface area contributed by atoms with Gasteiger partial charge >= 0.3 is 0 Å². The molecule has 0 bridgehead atoms. The molecule has 1 aliphatic heterocycles. The molecule has 0 spiro atoms. The Labute approximate surface area is 209 Å². The van der Waals surface area contributed by atoms with Crippen LogP contribution < -0.4 is 16.0 Å². The fourth-order valence-corrected chi connectivity index (χ4v) is 4.37. The normalized spacial score (nSPS) is 19.4. The van der Waals surface area contributed by atoms with E-state index in [2.05, 4.69) is 53.3 Å². The smallest absolute Gasteiger partial charge is 0.290 e. The number of nitrogens with one attached hydrogen (secondary N) is 3. The van der Waals surface area contributed by atoms with E-state index in [1.165, 1.54) is 11.9 Å². The summed E-state index contributed by atoms with van der Waals surface area (Å²) in [5.74, 6) is 0.996. The average molecular weight is 490 g/mol. The van der Waals surface area contributed by atoms with E-state index in [4.69, 9.17) is 4.84 Å². The molecule has 2 atom stereocenters. The monoisotopic (exact) mass is 489 g/mol. The van der Waals surface area contributed by atoms with E-state index in [9.17, 15) is 4.79 Å². The van der Waals surface area contributed by atoms with Crippen LogP contribution in [-0.4, -0.2) is 42.7 Å². The van der Waals surface area contributed by atoms with E-state index in [1.807, 2.05) is 40.1 Å². The summed E-state index contributed by atoms with van der Waals surface area (Å²) in [6, 6.07) is 6.07. The van der Waals surface area contributed by atoms with Gasteiger partial charge < -0.3 is 20.8 Å². The molecule has 1 amide bonds. The minimum atomic E-state index is -0.333. The fraction of sp³-hybridized carbons (Fsp3) is 0.440. The topological polar surface area (TPSA) is 131 Å². The molecule has 2 aliphatic rings. The summed E-state index contributed by atoms with van der Waals surface area (Å²) in [6.45, 7) is 6.10. The summed E-state index contributed by atoms with van der Waals surface area (Å²) in [7, 11) is 1.85. The summed E-state index contributed by atoms with van der Waals surface area (Å²) >= 11 is 0. The Kier molecular flexibility index (Phi) is 6.29. The first kappa shape index (κ1) is 23.7. The van der Waals surface area contributed by atoms with Gasteiger partial charge in [0.1, 0.15) is 6.33 Å². The SMILES string of the molecule is Cn1cc(Nc2ncnc(-c3ccc4c(c3)CCCCC4NC(=O)C3=NOC(C(C)(C)C)N3)n2)cn1. The van der Waals surface area contributed by atoms with Gasteiger partial charge in [-0.05, 0) is 36.5 Å². The number of aryl methyl sites for hydroxylation is 2. The first-order valence-electron chi connectivity index (χ1n) is 12.2. The predicted octanol–water partition coefficient (Wildman–Crippen LogP) is 3.20. The van der Waals surface area contributed by atoms with E-state index >= 15 is 0 Å². The number of fused-ring (bicyclic) bond motifs is 1. The van der Waals surface area contributed by atoms with Gasteiger partial charge in [0.05, 0.1) is 17.9 Å². The van der Waals surface area contributed by atoms with Crippen LogP contribution >= 0.6 is 0 Å². The third-order valence-electron chi connectivity index (χ3n) is 6.32. The number of benzene rings is 1. The molecule has 188 valence electrons. The lowest BCUT2D eigenvalue weighted by atomic mass is 9.94. The van der Waals surface area contributed by atoms with Crippen molar-refractivity contribution in [2.45, 2.75) is 58.7 Å². The molecule has 2 unspecified atom stereocenters. The molecule has 11 nitrogen and oxygen atoms in total. The molecule has 5 rings (SSSR count). The number of carbonyl (C=O) groups excluding carboxylic acids is 1. The molecule has 0 radical (unpaired) electrons. The van der Waals surface area contributed by atoms with Crippen LogP contribution in [0.4, 0.5) is 11.6 Å². The molecule has 0 saturated carbocycles. The van der Waals surface area contributed by atoms with Gasteiger partial charge in [-0.2, -0.15) is 10.1 Å². The van der Waals surface area contributed by atoms with Crippen molar-refractivity contribution in [3.8, 4) is 11.4 Å². The van der Waals surface area contributed by atoms with Gasteiger partial charge in [0, 0.05) is 24.2 Å². The van der Waals surface area contributed by atoms with Crippen molar-refractivity contribution in [1.82, 2.24) is 35.4 Å². The predicted molar refractivity (Wildman–Crippen MR) is 135 cm³/mol. The summed E-state index contributed by atoms with van der Waals surface area (Å²) in [4.78, 5) is 31.6. The Morgan fingerprint density at radius 3 is 2.83 bits per heavy atom. The van der Waals surface area contributed by atoms with Gasteiger partial charge in [-0.1, -0.05) is 44.5 Å². The maximum absolute atomic E-state index is 13.0. The maximum Gasteiger partial charge on any atom is 0.290 e. The number of amides is 1. The second-order valence-corrected chi connectivity index (χ2v) is 10.3. The number of anilines is 2. The van der Waals surface area contributed by atoms with Crippen LogP contribution in [0.15, 0.2) is 42.1 Å². The third kappa shape index (κ3) is 5.14. The number of hydrogen-bond acceptors (Lipinski definition) is 9. The molecule has 3 aromatic rings. The first-order chi connectivity index (χ1) is 17.3. The first-order valence-corrected chi connectivity index (χ1v) is 12.2. The Morgan fingerprint density at radius 2 is 2.08 bits per heavy atom. The lowest BCUT2D eigenvalue weighted by Gasteiger charge is -2.24. The van der Waals surface area contributed by atoms with Crippen molar-refractivity contribution in [1.29, 1.82) is 0 Å². The Bertz CT molecular complexity index is 1290. The lowest BCUT2D eigenvalue weighted by Crippen LogP contribution is -2.46. The van der Waals surface area contributed by atoms with Crippen molar-refractivity contribution < 1.29 is 9.63 Å². The Hall–Kier alpha value is -4.02. The second-order valence-electron chi connectivity index (χ2n) is 10.3. The molecule has 11 heteroatoms. The van der Waals surface area contributed by atoms with Crippen LogP contribution in [0, 0.1) is 5.41 Å². The second kappa shape index (κ2) is 9.56. The molecule has 0 saturated heterocycles. The van der Waals surface area contributed by atoms with E-state index in [0.29, 0.717) is 11.8 Å². The van der Waals surface area contributed by atoms with Crippen LogP contribution in [0.3, 0.4) is 0 Å². The van der Waals surface area contributed by atoms with Gasteiger partial charge in [0.25, 0.3) is 5.91 Å². The van der Waals surface area contributed by atoms with Crippen LogP contribution in [0.25, 0.3) is 11.4 Å². The molecule has 3 heterocycles. The number of aromatic nitrogens is 5. The molecule has 1 aliphatic carbocycles. The van der Waals surface area contributed by atoms with E-state index in [1.54, 1.807) is 10.9 Å². The molecular weight excluding hydrogens is 458 g/mol. The molecule has 0 fully saturated rings. The number of oxime groups is 1. The van der Waals surface area contributed by atoms with Gasteiger partial charge in [-0.15, -0.1) is 0 Å². The van der Waals surface area contributed by atoms with Gasteiger partial charge in [0.2, 0.25) is 18.0 Å². The van der Waals surface area contributed by atoms with Crippen molar-refractivity contribution in [2.75, 3.05) is 5.32 Å². The number of rotatable bonds is 5. The number of nitrogens with zero attached hydrogens (tertiary/aromatic N) is 6. The minimum Gasteiger partial charge on any atom is -0.368 e. The molecule has 1 aromatic carbocycles. The van der Waals surface area contributed by atoms with Crippen LogP contribution in [0.1, 0.15) is 57.2 Å². The van der Waals surface area contributed by atoms with E-state index in [-0.39, 0.29) is 29.4 Å². The quantitative estimate of drug-likeness (QED) is 0.466. The van der Waals surface area contributed by atoms with Crippen LogP contribution in [0.2, 0.25) is 0 Å². The van der Waals surface area contributed by atoms with Gasteiger partial charge in [0.15, 0.2) is 5.82 Å². The standard InChI is InChI=1S/C25H31N9O2/c1-25(2,3)23-31-21(33-36-23)22(35)30-19-8-6-5-7-15-11-16(9-10-18(15)19)20-26-14-27-24(32-20)29-17-12-28-34(4)13-17/h9-14,19,23H,5-8H2,1-4H3,(H,30,35)(H,31,33)(H,26,27,29,32). The molecule has 36 heavy (non-hydrogen) atoms. The zero-order valence-corrected chi connectivity index (χ0v) is 20.9. The molecule has 3 N–H and O–H groups in total. The highest BCUT2D eigenvalue weighted by atomic mass is 16.7.